The van der Waals surface area contributed by atoms with E-state index in [9.17, 15) is 14.7 Å². The van der Waals surface area contributed by atoms with Gasteiger partial charge in [0.05, 0.1) is 18.6 Å². The van der Waals surface area contributed by atoms with Gasteiger partial charge in [0.1, 0.15) is 11.5 Å². The number of carboxylic acid groups (broad SMARTS) is 1. The fraction of sp³-hybridized carbons (Fsp3) is 0.579. The van der Waals surface area contributed by atoms with Gasteiger partial charge in [-0.1, -0.05) is 35.5 Å². The van der Waals surface area contributed by atoms with E-state index in [1.165, 1.54) is 11.1 Å². The van der Waals surface area contributed by atoms with Gasteiger partial charge in [-0.3, -0.25) is 9.59 Å². The Morgan fingerprint density at radius 2 is 2.17 bits per heavy atom. The molecule has 2 saturated heterocycles. The monoisotopic (exact) mass is 331 g/mol. The highest BCUT2D eigenvalue weighted by Gasteiger charge is 2.66. The molecule has 0 radical (unpaired) electrons. The van der Waals surface area contributed by atoms with Crippen LogP contribution in [0.4, 0.5) is 0 Å². The second-order valence-corrected chi connectivity index (χ2v) is 7.33. The lowest BCUT2D eigenvalue weighted by molar-refractivity contribution is -0.147. The summed E-state index contributed by atoms with van der Waals surface area (Å²) < 4.78 is 5.87. The molecular formula is C19H25NO4. The summed E-state index contributed by atoms with van der Waals surface area (Å²) in [7, 11) is 0. The Bertz CT molecular complexity index is 644. The maximum absolute atomic E-state index is 12.7. The van der Waals surface area contributed by atoms with E-state index in [1.807, 2.05) is 6.08 Å². The van der Waals surface area contributed by atoms with Crippen molar-refractivity contribution in [2.45, 2.75) is 45.3 Å². The molecule has 130 valence electrons. The third-order valence-corrected chi connectivity index (χ3v) is 5.22. The number of aliphatic carboxylic acids is 1. The standard InChI is InChI=1S/C19H25NO4/c1-12(2)5-4-6-13(3)8-10-20-11-19-9-7-14(24-19)15(18(22)23)16(19)17(20)21/h5,7-9,14-16H,4,6,10-11H2,1-3H3,(H,22,23)/t14-,15+,16+,19+/m0/s1. The lowest BCUT2D eigenvalue weighted by Gasteiger charge is -2.21. The SMILES string of the molecule is CC(C)=CCCC(C)=CCN1C[C@@]23C=C[C@H](O2)[C@@H](C(=O)O)[C@@H]3C1=O. The van der Waals surface area contributed by atoms with Gasteiger partial charge in [-0.15, -0.1) is 0 Å². The van der Waals surface area contributed by atoms with Crippen molar-refractivity contribution in [1.82, 2.24) is 4.90 Å². The number of carbonyl (C=O) groups excluding carboxylic acids is 1. The smallest absolute Gasteiger partial charge is 0.310 e. The Kier molecular flexibility index (Phi) is 4.38. The van der Waals surface area contributed by atoms with Crippen molar-refractivity contribution >= 4 is 11.9 Å². The predicted molar refractivity (Wildman–Crippen MR) is 90.4 cm³/mol. The van der Waals surface area contributed by atoms with Gasteiger partial charge in [0.25, 0.3) is 0 Å². The van der Waals surface area contributed by atoms with Crippen LogP contribution >= 0.6 is 0 Å². The molecule has 3 aliphatic rings. The van der Waals surface area contributed by atoms with Crippen LogP contribution < -0.4 is 0 Å². The number of likely N-dealkylation sites (tertiary alicyclic amines) is 1. The number of rotatable bonds is 6. The van der Waals surface area contributed by atoms with Crippen LogP contribution in [0.3, 0.4) is 0 Å². The number of carboxylic acids is 1. The highest BCUT2D eigenvalue weighted by Crippen LogP contribution is 2.51. The Morgan fingerprint density at radius 1 is 1.42 bits per heavy atom. The maximum atomic E-state index is 12.7. The fourth-order valence-corrected chi connectivity index (χ4v) is 3.97. The van der Waals surface area contributed by atoms with Crippen molar-refractivity contribution in [2.24, 2.45) is 11.8 Å². The molecule has 0 aromatic carbocycles. The van der Waals surface area contributed by atoms with E-state index in [1.54, 1.807) is 11.0 Å². The molecule has 0 saturated carbocycles. The number of fused-ring (bicyclic) bond motifs is 1. The molecule has 2 fully saturated rings. The van der Waals surface area contributed by atoms with E-state index in [0.29, 0.717) is 13.1 Å². The first-order chi connectivity index (χ1) is 11.3. The molecule has 24 heavy (non-hydrogen) atoms. The number of amides is 1. The van der Waals surface area contributed by atoms with Crippen LogP contribution in [0.5, 0.6) is 0 Å². The van der Waals surface area contributed by atoms with Crippen LogP contribution in [-0.2, 0) is 14.3 Å². The summed E-state index contributed by atoms with van der Waals surface area (Å²) in [6.45, 7) is 7.21. The molecule has 0 aliphatic carbocycles. The summed E-state index contributed by atoms with van der Waals surface area (Å²) in [6, 6.07) is 0. The zero-order valence-corrected chi connectivity index (χ0v) is 14.5. The number of hydrogen-bond donors (Lipinski definition) is 1. The van der Waals surface area contributed by atoms with Crippen LogP contribution in [0.15, 0.2) is 35.5 Å². The first kappa shape index (κ1) is 17.0. The van der Waals surface area contributed by atoms with Crippen molar-refractivity contribution in [3.63, 3.8) is 0 Å². The Hall–Kier alpha value is -1.88. The maximum Gasteiger partial charge on any atom is 0.310 e. The minimum atomic E-state index is -0.945. The number of allylic oxidation sites excluding steroid dienone is 3. The minimum Gasteiger partial charge on any atom is -0.481 e. The highest BCUT2D eigenvalue weighted by molar-refractivity contribution is 5.90. The zero-order valence-electron chi connectivity index (χ0n) is 14.5. The number of nitrogens with zero attached hydrogens (tertiary/aromatic N) is 1. The summed E-state index contributed by atoms with van der Waals surface area (Å²) >= 11 is 0. The Morgan fingerprint density at radius 3 is 2.83 bits per heavy atom. The first-order valence-corrected chi connectivity index (χ1v) is 8.52. The van der Waals surface area contributed by atoms with Gasteiger partial charge < -0.3 is 14.7 Å². The molecule has 0 unspecified atom stereocenters. The number of ether oxygens (including phenoxy) is 1. The molecule has 1 amide bonds. The molecule has 0 aromatic heterocycles. The molecule has 0 aromatic rings. The van der Waals surface area contributed by atoms with E-state index >= 15 is 0 Å². The van der Waals surface area contributed by atoms with E-state index in [4.69, 9.17) is 4.74 Å². The fourth-order valence-electron chi connectivity index (χ4n) is 3.97. The summed E-state index contributed by atoms with van der Waals surface area (Å²) in [5, 5.41) is 9.44. The molecule has 5 nitrogen and oxygen atoms in total. The van der Waals surface area contributed by atoms with Crippen molar-refractivity contribution in [3.05, 3.63) is 35.5 Å². The lowest BCUT2D eigenvalue weighted by Crippen LogP contribution is -2.39. The van der Waals surface area contributed by atoms with Crippen molar-refractivity contribution in [1.29, 1.82) is 0 Å². The van der Waals surface area contributed by atoms with Gasteiger partial charge in [-0.2, -0.15) is 0 Å². The third kappa shape index (κ3) is 2.81. The summed E-state index contributed by atoms with van der Waals surface area (Å²) in [6.07, 6.45) is 9.48. The van der Waals surface area contributed by atoms with Crippen LogP contribution in [0.25, 0.3) is 0 Å². The van der Waals surface area contributed by atoms with Crippen molar-refractivity contribution in [2.75, 3.05) is 13.1 Å². The van der Waals surface area contributed by atoms with E-state index in [0.717, 1.165) is 12.8 Å². The third-order valence-electron chi connectivity index (χ3n) is 5.22. The van der Waals surface area contributed by atoms with Crippen LogP contribution in [0.1, 0.15) is 33.6 Å². The molecule has 5 heteroatoms. The van der Waals surface area contributed by atoms with E-state index in [2.05, 4.69) is 32.9 Å². The van der Waals surface area contributed by atoms with Gasteiger partial charge in [0, 0.05) is 6.54 Å². The molecular weight excluding hydrogens is 306 g/mol. The predicted octanol–water partition coefficient (Wildman–Crippen LogP) is 2.55. The zero-order chi connectivity index (χ0) is 17.5. The van der Waals surface area contributed by atoms with Gasteiger partial charge in [-0.05, 0) is 33.6 Å². The van der Waals surface area contributed by atoms with Crippen molar-refractivity contribution < 1.29 is 19.4 Å². The number of carbonyl (C=O) groups is 2. The van der Waals surface area contributed by atoms with E-state index < -0.39 is 29.5 Å². The average molecular weight is 331 g/mol. The summed E-state index contributed by atoms with van der Waals surface area (Å²) in [5.41, 5.74) is 1.82. The second-order valence-electron chi connectivity index (χ2n) is 7.33. The highest BCUT2D eigenvalue weighted by atomic mass is 16.5. The normalized spacial score (nSPS) is 34.0. The van der Waals surface area contributed by atoms with Crippen LogP contribution in [0.2, 0.25) is 0 Å². The molecule has 3 heterocycles. The summed E-state index contributed by atoms with van der Waals surface area (Å²) in [5.74, 6) is -2.37. The van der Waals surface area contributed by atoms with Gasteiger partial charge in [-0.25, -0.2) is 0 Å². The first-order valence-electron chi connectivity index (χ1n) is 8.52. The molecule has 2 bridgehead atoms. The van der Waals surface area contributed by atoms with Gasteiger partial charge in [0.15, 0.2) is 0 Å². The van der Waals surface area contributed by atoms with E-state index in [-0.39, 0.29) is 5.91 Å². The average Bonchev–Trinajstić information content (AvgIpc) is 3.13. The second kappa shape index (κ2) is 6.20. The molecule has 4 atom stereocenters. The molecule has 3 aliphatic heterocycles. The number of hydrogen-bond acceptors (Lipinski definition) is 3. The topological polar surface area (TPSA) is 66.8 Å². The quantitative estimate of drug-likeness (QED) is 0.760. The lowest BCUT2D eigenvalue weighted by atomic mass is 9.77. The molecule has 1 spiro atoms. The van der Waals surface area contributed by atoms with Crippen molar-refractivity contribution in [3.8, 4) is 0 Å². The Balaban J connectivity index is 1.66. The van der Waals surface area contributed by atoms with Crippen LogP contribution in [-0.4, -0.2) is 46.7 Å². The summed E-state index contributed by atoms with van der Waals surface area (Å²) in [4.78, 5) is 26.0. The molecule has 3 rings (SSSR count). The largest absolute Gasteiger partial charge is 0.481 e. The van der Waals surface area contributed by atoms with Crippen LogP contribution in [0, 0.1) is 11.8 Å². The van der Waals surface area contributed by atoms with Gasteiger partial charge >= 0.3 is 5.97 Å². The van der Waals surface area contributed by atoms with Gasteiger partial charge in [0.2, 0.25) is 5.91 Å². The Labute approximate surface area is 142 Å². The minimum absolute atomic E-state index is 0.0948. The molecule has 1 N–H and O–H groups in total.